The molecule has 1 amide bonds. The average molecular weight is 403 g/mol. The Hall–Kier alpha value is -2.98. The summed E-state index contributed by atoms with van der Waals surface area (Å²) >= 11 is 0. The Labute approximate surface area is 160 Å². The molecule has 0 saturated carbocycles. The lowest BCUT2D eigenvalue weighted by molar-refractivity contribution is -0.142. The van der Waals surface area contributed by atoms with E-state index in [4.69, 9.17) is 20.4 Å². The van der Waals surface area contributed by atoms with Crippen LogP contribution in [0, 0.1) is 5.92 Å². The maximum Gasteiger partial charge on any atom is 0.310 e. The topological polar surface area (TPSA) is 195 Å². The molecule has 2 unspecified atom stereocenters. The molecular formula is C17H25NO10. The first-order chi connectivity index (χ1) is 13.0. The van der Waals surface area contributed by atoms with E-state index in [2.05, 4.69) is 5.32 Å². The SMILES string of the molecule is O=C(O)CCCC(=O)NC(CCC(=O)O)CC(CCC(=O)O)C(=O)CC(=O)O. The van der Waals surface area contributed by atoms with E-state index in [-0.39, 0.29) is 51.4 Å². The molecule has 0 saturated heterocycles. The highest BCUT2D eigenvalue weighted by Gasteiger charge is 2.26. The molecule has 0 aromatic rings. The van der Waals surface area contributed by atoms with Crippen molar-refractivity contribution in [1.29, 1.82) is 0 Å². The van der Waals surface area contributed by atoms with Gasteiger partial charge in [-0.2, -0.15) is 0 Å². The molecule has 0 aliphatic heterocycles. The molecule has 0 aromatic carbocycles. The number of ketones is 1. The summed E-state index contributed by atoms with van der Waals surface area (Å²) < 4.78 is 0. The van der Waals surface area contributed by atoms with Crippen LogP contribution < -0.4 is 5.32 Å². The number of aliphatic carboxylic acids is 4. The average Bonchev–Trinajstić information content (AvgIpc) is 2.54. The third-order valence-electron chi connectivity index (χ3n) is 3.92. The molecular weight excluding hydrogens is 378 g/mol. The zero-order valence-corrected chi connectivity index (χ0v) is 15.3. The zero-order chi connectivity index (χ0) is 21.7. The minimum atomic E-state index is -1.37. The van der Waals surface area contributed by atoms with Crippen LogP contribution in [0.1, 0.15) is 57.8 Å². The van der Waals surface area contributed by atoms with Gasteiger partial charge in [-0.1, -0.05) is 0 Å². The Bertz CT molecular complexity index is 601. The van der Waals surface area contributed by atoms with E-state index in [9.17, 15) is 28.8 Å². The van der Waals surface area contributed by atoms with Crippen molar-refractivity contribution in [3.8, 4) is 0 Å². The predicted molar refractivity (Wildman–Crippen MR) is 92.5 cm³/mol. The molecule has 11 heteroatoms. The number of carboxylic acids is 4. The number of carboxylic acid groups (broad SMARTS) is 4. The van der Waals surface area contributed by atoms with Crippen molar-refractivity contribution in [3.63, 3.8) is 0 Å². The number of hydrogen-bond acceptors (Lipinski definition) is 6. The number of carbonyl (C=O) groups excluding carboxylic acids is 2. The fourth-order valence-electron chi connectivity index (χ4n) is 2.59. The quantitative estimate of drug-likeness (QED) is 0.226. The largest absolute Gasteiger partial charge is 0.481 e. The molecule has 28 heavy (non-hydrogen) atoms. The van der Waals surface area contributed by atoms with Gasteiger partial charge >= 0.3 is 23.9 Å². The Morgan fingerprint density at radius 3 is 1.71 bits per heavy atom. The highest BCUT2D eigenvalue weighted by atomic mass is 16.4. The van der Waals surface area contributed by atoms with Gasteiger partial charge in [0.05, 0.1) is 0 Å². The smallest absolute Gasteiger partial charge is 0.310 e. The second kappa shape index (κ2) is 13.2. The van der Waals surface area contributed by atoms with Gasteiger partial charge in [-0.3, -0.25) is 28.8 Å². The molecule has 0 aromatic heterocycles. The van der Waals surface area contributed by atoms with Crippen LogP contribution in [0.5, 0.6) is 0 Å². The lowest BCUT2D eigenvalue weighted by atomic mass is 9.88. The van der Waals surface area contributed by atoms with Crippen molar-refractivity contribution >= 4 is 35.6 Å². The minimum Gasteiger partial charge on any atom is -0.481 e. The summed E-state index contributed by atoms with van der Waals surface area (Å²) in [5.74, 6) is -6.94. The van der Waals surface area contributed by atoms with Gasteiger partial charge in [-0.25, -0.2) is 0 Å². The summed E-state index contributed by atoms with van der Waals surface area (Å²) in [5, 5.41) is 37.5. The first-order valence-corrected chi connectivity index (χ1v) is 8.70. The third-order valence-corrected chi connectivity index (χ3v) is 3.92. The lowest BCUT2D eigenvalue weighted by Crippen LogP contribution is -2.38. The molecule has 0 spiro atoms. The Morgan fingerprint density at radius 1 is 0.679 bits per heavy atom. The van der Waals surface area contributed by atoms with E-state index in [1.54, 1.807) is 0 Å². The van der Waals surface area contributed by atoms with Gasteiger partial charge in [0.25, 0.3) is 0 Å². The second-order valence-electron chi connectivity index (χ2n) is 6.35. The Morgan fingerprint density at radius 2 is 1.21 bits per heavy atom. The number of amides is 1. The van der Waals surface area contributed by atoms with E-state index in [0.717, 1.165) is 0 Å². The number of nitrogens with one attached hydrogen (secondary N) is 1. The van der Waals surface area contributed by atoms with Crippen molar-refractivity contribution < 1.29 is 49.2 Å². The zero-order valence-electron chi connectivity index (χ0n) is 15.3. The van der Waals surface area contributed by atoms with Crippen LogP contribution in [0.3, 0.4) is 0 Å². The van der Waals surface area contributed by atoms with Gasteiger partial charge in [-0.05, 0) is 25.7 Å². The third kappa shape index (κ3) is 13.3. The van der Waals surface area contributed by atoms with Crippen LogP contribution >= 0.6 is 0 Å². The molecule has 0 heterocycles. The molecule has 0 rings (SSSR count). The summed E-state index contributed by atoms with van der Waals surface area (Å²) in [6.45, 7) is 0. The van der Waals surface area contributed by atoms with Gasteiger partial charge in [0.1, 0.15) is 12.2 Å². The number of rotatable bonds is 16. The molecule has 2 atom stereocenters. The van der Waals surface area contributed by atoms with Crippen molar-refractivity contribution in [3.05, 3.63) is 0 Å². The van der Waals surface area contributed by atoms with E-state index >= 15 is 0 Å². The van der Waals surface area contributed by atoms with Crippen molar-refractivity contribution in [2.45, 2.75) is 63.8 Å². The first kappa shape index (κ1) is 25.0. The molecule has 0 aliphatic rings. The highest BCUT2D eigenvalue weighted by Crippen LogP contribution is 2.20. The van der Waals surface area contributed by atoms with Gasteiger partial charge in [-0.15, -0.1) is 0 Å². The van der Waals surface area contributed by atoms with Crippen LogP contribution in [-0.2, 0) is 28.8 Å². The first-order valence-electron chi connectivity index (χ1n) is 8.70. The highest BCUT2D eigenvalue weighted by molar-refractivity contribution is 5.96. The fraction of sp³-hybridized carbons (Fsp3) is 0.647. The molecule has 0 aliphatic carbocycles. The Balaban J connectivity index is 5.06. The summed E-state index contributed by atoms with van der Waals surface area (Å²) in [4.78, 5) is 66.9. The molecule has 5 N–H and O–H groups in total. The van der Waals surface area contributed by atoms with Crippen LogP contribution in [0.4, 0.5) is 0 Å². The second-order valence-corrected chi connectivity index (χ2v) is 6.35. The minimum absolute atomic E-state index is 0.0378. The van der Waals surface area contributed by atoms with Crippen LogP contribution in [0.15, 0.2) is 0 Å². The van der Waals surface area contributed by atoms with E-state index in [0.29, 0.717) is 0 Å². The molecule has 158 valence electrons. The predicted octanol–water partition coefficient (Wildman–Crippen LogP) is 0.506. The van der Waals surface area contributed by atoms with Crippen LogP contribution in [0.25, 0.3) is 0 Å². The number of Topliss-reactive ketones (excluding diaryl/α,β-unsaturated/α-hetero) is 1. The monoisotopic (exact) mass is 403 g/mol. The van der Waals surface area contributed by atoms with Gasteiger partial charge in [0.2, 0.25) is 5.91 Å². The van der Waals surface area contributed by atoms with Gasteiger partial charge in [0.15, 0.2) is 0 Å². The molecule has 11 nitrogen and oxygen atoms in total. The summed E-state index contributed by atoms with van der Waals surface area (Å²) in [5.41, 5.74) is 0. The maximum atomic E-state index is 12.1. The van der Waals surface area contributed by atoms with Crippen LogP contribution in [0.2, 0.25) is 0 Å². The summed E-state index contributed by atoms with van der Waals surface area (Å²) in [6, 6.07) is -0.787. The fourth-order valence-corrected chi connectivity index (χ4v) is 2.59. The summed E-state index contributed by atoms with van der Waals surface area (Å²) in [6.07, 6.45) is -2.03. The van der Waals surface area contributed by atoms with E-state index in [1.807, 2.05) is 0 Å². The standard InChI is InChI=1S/C17H25NO10/c19-12(9-17(27)28)10(4-6-15(23)24)8-11(5-7-16(25)26)18-13(20)2-1-3-14(21)22/h10-11H,1-9H2,(H,18,20)(H,21,22)(H,23,24)(H,25,26)(H,27,28). The van der Waals surface area contributed by atoms with Gasteiger partial charge < -0.3 is 25.7 Å². The maximum absolute atomic E-state index is 12.1. The number of carbonyl (C=O) groups is 6. The molecule has 0 bridgehead atoms. The van der Waals surface area contributed by atoms with Crippen molar-refractivity contribution in [1.82, 2.24) is 5.32 Å². The van der Waals surface area contributed by atoms with Crippen molar-refractivity contribution in [2.24, 2.45) is 5.92 Å². The van der Waals surface area contributed by atoms with Crippen LogP contribution in [-0.4, -0.2) is 62.0 Å². The van der Waals surface area contributed by atoms with E-state index < -0.39 is 53.9 Å². The Kier molecular flexibility index (Phi) is 11.8. The summed E-state index contributed by atoms with van der Waals surface area (Å²) in [7, 11) is 0. The lowest BCUT2D eigenvalue weighted by Gasteiger charge is -2.23. The molecule has 0 fully saturated rings. The van der Waals surface area contributed by atoms with E-state index in [1.165, 1.54) is 0 Å². The normalized spacial score (nSPS) is 12.6. The number of hydrogen-bond donors (Lipinski definition) is 5. The van der Waals surface area contributed by atoms with Gasteiger partial charge in [0, 0.05) is 37.6 Å². The van der Waals surface area contributed by atoms with Crippen molar-refractivity contribution in [2.75, 3.05) is 0 Å². The molecule has 0 radical (unpaired) electrons.